The highest BCUT2D eigenvalue weighted by Gasteiger charge is 2.25. The first-order valence-corrected chi connectivity index (χ1v) is 11.2. The van der Waals surface area contributed by atoms with E-state index in [1.165, 1.54) is 0 Å². The summed E-state index contributed by atoms with van der Waals surface area (Å²) in [6.45, 7) is 8.96. The molecule has 0 aliphatic carbocycles. The van der Waals surface area contributed by atoms with Crippen molar-refractivity contribution >= 4 is 16.9 Å². The predicted molar refractivity (Wildman–Crippen MR) is 130 cm³/mol. The van der Waals surface area contributed by atoms with Crippen LogP contribution in [0.5, 0.6) is 17.2 Å². The van der Waals surface area contributed by atoms with Crippen LogP contribution in [0.1, 0.15) is 29.2 Å². The number of nitrogens with zero attached hydrogens (tertiary/aromatic N) is 1. The summed E-state index contributed by atoms with van der Waals surface area (Å²) in [6.07, 6.45) is 0.695. The molecule has 178 valence electrons. The van der Waals surface area contributed by atoms with Gasteiger partial charge in [0.05, 0.1) is 26.2 Å². The van der Waals surface area contributed by atoms with Gasteiger partial charge < -0.3 is 23.5 Å². The topological polar surface area (TPSA) is 78.2 Å². The van der Waals surface area contributed by atoms with Gasteiger partial charge in [-0.25, -0.2) is 4.79 Å². The maximum Gasteiger partial charge on any atom is 0.340 e. The van der Waals surface area contributed by atoms with Gasteiger partial charge in [-0.05, 0) is 66.8 Å². The van der Waals surface area contributed by atoms with Crippen molar-refractivity contribution < 1.29 is 23.4 Å². The fraction of sp³-hybridized carbons (Fsp3) is 0.333. The third-order valence-corrected chi connectivity index (χ3v) is 6.14. The number of rotatable bonds is 7. The minimum atomic E-state index is -0.501. The summed E-state index contributed by atoms with van der Waals surface area (Å²) in [7, 11) is 3.20. The van der Waals surface area contributed by atoms with E-state index < -0.39 is 5.63 Å². The smallest absolute Gasteiger partial charge is 0.340 e. The molecule has 1 amide bonds. The number of aryl methyl sites for hydroxylation is 1. The van der Waals surface area contributed by atoms with Gasteiger partial charge in [-0.2, -0.15) is 0 Å². The summed E-state index contributed by atoms with van der Waals surface area (Å²) in [5.74, 6) is 1.80. The van der Waals surface area contributed by atoms with E-state index >= 15 is 0 Å². The molecule has 0 atom stereocenters. The normalized spacial score (nSPS) is 12.9. The van der Waals surface area contributed by atoms with Gasteiger partial charge in [0.2, 0.25) is 5.91 Å². The molecule has 1 aliphatic rings. The third-order valence-electron chi connectivity index (χ3n) is 6.14. The molecule has 0 fully saturated rings. The molecule has 2 aromatic carbocycles. The highest BCUT2D eigenvalue weighted by Crippen LogP contribution is 2.33. The van der Waals surface area contributed by atoms with E-state index in [1.54, 1.807) is 25.2 Å². The van der Waals surface area contributed by atoms with Crippen molar-refractivity contribution in [3.63, 3.8) is 0 Å². The number of benzene rings is 2. The van der Waals surface area contributed by atoms with Crippen molar-refractivity contribution in [3.05, 3.63) is 75.2 Å². The van der Waals surface area contributed by atoms with Crippen molar-refractivity contribution in [1.29, 1.82) is 0 Å². The van der Waals surface area contributed by atoms with Gasteiger partial charge in [0.15, 0.2) is 11.5 Å². The van der Waals surface area contributed by atoms with E-state index in [9.17, 15) is 9.59 Å². The van der Waals surface area contributed by atoms with Crippen LogP contribution in [-0.4, -0.2) is 38.2 Å². The van der Waals surface area contributed by atoms with Crippen LogP contribution >= 0.6 is 0 Å². The van der Waals surface area contributed by atoms with Crippen LogP contribution in [0.25, 0.3) is 11.0 Å². The van der Waals surface area contributed by atoms with E-state index in [-0.39, 0.29) is 12.3 Å². The summed E-state index contributed by atoms with van der Waals surface area (Å²) in [5.41, 5.74) is 4.10. The van der Waals surface area contributed by atoms with Gasteiger partial charge in [0.1, 0.15) is 17.9 Å². The molecule has 0 spiro atoms. The maximum absolute atomic E-state index is 13.2. The molecule has 0 unspecified atom stereocenters. The minimum Gasteiger partial charge on any atom is -0.493 e. The van der Waals surface area contributed by atoms with Gasteiger partial charge in [-0.1, -0.05) is 6.58 Å². The van der Waals surface area contributed by atoms with Gasteiger partial charge in [-0.15, -0.1) is 0 Å². The van der Waals surface area contributed by atoms with Crippen LogP contribution in [0.2, 0.25) is 0 Å². The average Bonchev–Trinajstić information content (AvgIpc) is 2.83. The van der Waals surface area contributed by atoms with Crippen LogP contribution in [0, 0.1) is 6.92 Å². The molecule has 0 bridgehead atoms. The summed E-state index contributed by atoms with van der Waals surface area (Å²) in [5, 5.41) is 0.783. The van der Waals surface area contributed by atoms with Crippen molar-refractivity contribution in [3.8, 4) is 17.2 Å². The zero-order chi connectivity index (χ0) is 24.4. The number of fused-ring (bicyclic) bond motifs is 2. The monoisotopic (exact) mass is 463 g/mol. The molecule has 0 radical (unpaired) electrons. The predicted octanol–water partition coefficient (Wildman–Crippen LogP) is 4.20. The van der Waals surface area contributed by atoms with Crippen molar-refractivity contribution in [1.82, 2.24) is 4.90 Å². The van der Waals surface area contributed by atoms with Crippen LogP contribution in [0.15, 0.2) is 51.7 Å². The van der Waals surface area contributed by atoms with Crippen molar-refractivity contribution in [2.45, 2.75) is 33.2 Å². The van der Waals surface area contributed by atoms with Gasteiger partial charge in [0.25, 0.3) is 0 Å². The molecule has 0 N–H and O–H groups in total. The average molecular weight is 464 g/mol. The highest BCUT2D eigenvalue weighted by molar-refractivity contribution is 5.85. The molecule has 7 heteroatoms. The first kappa shape index (κ1) is 23.4. The molecule has 4 rings (SSSR count). The van der Waals surface area contributed by atoms with Gasteiger partial charge in [0, 0.05) is 24.5 Å². The summed E-state index contributed by atoms with van der Waals surface area (Å²) in [4.78, 5) is 27.7. The largest absolute Gasteiger partial charge is 0.493 e. The second-order valence-electron chi connectivity index (χ2n) is 8.61. The fourth-order valence-corrected chi connectivity index (χ4v) is 4.23. The number of carbonyl (C=O) groups is 1. The van der Waals surface area contributed by atoms with E-state index in [2.05, 4.69) is 6.58 Å². The Morgan fingerprint density at radius 3 is 2.50 bits per heavy atom. The molecule has 7 nitrogen and oxygen atoms in total. The van der Waals surface area contributed by atoms with E-state index in [4.69, 9.17) is 18.6 Å². The number of carbonyl (C=O) groups excluding carboxylic acids is 1. The standard InChI is InChI=1S/C27H29NO6/c1-16(2)15-33-20-6-7-21-17(3)22(27(30)34-23(21)12-20)13-26(29)28-9-8-18-10-24(31-4)25(32-5)11-19(18)14-28/h6-7,10-12H,1,8-9,13-15H2,2-5H3. The second-order valence-corrected chi connectivity index (χ2v) is 8.61. The van der Waals surface area contributed by atoms with Crippen molar-refractivity contribution in [2.24, 2.45) is 0 Å². The Labute approximate surface area is 198 Å². The quantitative estimate of drug-likeness (QED) is 0.386. The highest BCUT2D eigenvalue weighted by atomic mass is 16.5. The first-order valence-electron chi connectivity index (χ1n) is 11.2. The molecular formula is C27H29NO6. The number of hydrogen-bond acceptors (Lipinski definition) is 6. The number of ether oxygens (including phenoxy) is 3. The lowest BCUT2D eigenvalue weighted by Crippen LogP contribution is -2.37. The Hall–Kier alpha value is -3.74. The number of hydrogen-bond donors (Lipinski definition) is 0. The third kappa shape index (κ3) is 4.64. The Morgan fingerprint density at radius 2 is 1.82 bits per heavy atom. The second kappa shape index (κ2) is 9.63. The van der Waals surface area contributed by atoms with Gasteiger partial charge >= 0.3 is 5.63 Å². The summed E-state index contributed by atoms with van der Waals surface area (Å²) >= 11 is 0. The molecule has 3 aromatic rings. The van der Waals surface area contributed by atoms with Crippen LogP contribution < -0.4 is 19.8 Å². The summed E-state index contributed by atoms with van der Waals surface area (Å²) < 4.78 is 22.0. The maximum atomic E-state index is 13.2. The van der Waals surface area contributed by atoms with Crippen LogP contribution in [0.4, 0.5) is 0 Å². The van der Waals surface area contributed by atoms with E-state index in [0.29, 0.717) is 54.5 Å². The Kier molecular flexibility index (Phi) is 6.63. The molecule has 0 saturated carbocycles. The van der Waals surface area contributed by atoms with Crippen molar-refractivity contribution in [2.75, 3.05) is 27.4 Å². The lowest BCUT2D eigenvalue weighted by atomic mass is 9.97. The minimum absolute atomic E-state index is 0.0133. The zero-order valence-electron chi connectivity index (χ0n) is 20.0. The Morgan fingerprint density at radius 1 is 1.12 bits per heavy atom. The zero-order valence-corrected chi connectivity index (χ0v) is 20.0. The van der Waals surface area contributed by atoms with E-state index in [1.807, 2.05) is 38.1 Å². The lowest BCUT2D eigenvalue weighted by molar-refractivity contribution is -0.131. The first-order chi connectivity index (χ1) is 16.3. The molecule has 34 heavy (non-hydrogen) atoms. The number of amides is 1. The molecule has 0 saturated heterocycles. The Balaban J connectivity index is 1.55. The molecule has 2 heterocycles. The summed E-state index contributed by atoms with van der Waals surface area (Å²) in [6, 6.07) is 9.25. The molecular weight excluding hydrogens is 434 g/mol. The van der Waals surface area contributed by atoms with E-state index in [0.717, 1.165) is 27.6 Å². The molecule has 1 aromatic heterocycles. The van der Waals surface area contributed by atoms with Crippen LogP contribution in [-0.2, 0) is 24.2 Å². The van der Waals surface area contributed by atoms with Gasteiger partial charge in [-0.3, -0.25) is 4.79 Å². The van der Waals surface area contributed by atoms with Crippen LogP contribution in [0.3, 0.4) is 0 Å². The Bertz CT molecular complexity index is 1320. The SMILES string of the molecule is C=C(C)COc1ccc2c(C)c(CC(=O)N3CCc4cc(OC)c(OC)cc4C3)c(=O)oc2c1. The molecule has 1 aliphatic heterocycles. The fourth-order valence-electron chi connectivity index (χ4n) is 4.23. The lowest BCUT2D eigenvalue weighted by Gasteiger charge is -2.29. The number of methoxy groups -OCH3 is 2.